The van der Waals surface area contributed by atoms with Crippen LogP contribution in [0.15, 0.2) is 47.4 Å². The minimum absolute atomic E-state index is 0. The van der Waals surface area contributed by atoms with Crippen LogP contribution in [-0.4, -0.2) is 32.4 Å². The van der Waals surface area contributed by atoms with E-state index in [0.29, 0.717) is 22.5 Å². The van der Waals surface area contributed by atoms with Gasteiger partial charge in [0.2, 0.25) is 0 Å². The molecule has 4 nitrogen and oxygen atoms in total. The largest absolute Gasteiger partial charge is 0.300 e. The third kappa shape index (κ3) is 5.77. The van der Waals surface area contributed by atoms with Crippen molar-refractivity contribution in [3.05, 3.63) is 59.2 Å². The van der Waals surface area contributed by atoms with E-state index in [-0.39, 0.29) is 12.4 Å². The molecule has 0 amide bonds. The molecular weight excluding hydrogens is 416 g/mol. The normalized spacial score (nSPS) is 15.9. The van der Waals surface area contributed by atoms with Gasteiger partial charge in [-0.15, -0.1) is 12.4 Å². The monoisotopic (exact) mass is 450 g/mol. The van der Waals surface area contributed by atoms with Crippen LogP contribution in [0.2, 0.25) is 0 Å². The molecule has 0 unspecified atom stereocenters. The molecule has 0 radical (unpaired) electrons. The summed E-state index contributed by atoms with van der Waals surface area (Å²) in [6.07, 6.45) is 4.37. The topological polar surface area (TPSA) is 49.4 Å². The molecule has 1 atom stereocenters. The Morgan fingerprint density at radius 1 is 0.967 bits per heavy atom. The van der Waals surface area contributed by atoms with Crippen LogP contribution in [0.4, 0.5) is 5.69 Å². The molecule has 0 aromatic heterocycles. The second kappa shape index (κ2) is 10.7. The molecule has 3 rings (SSSR count). The van der Waals surface area contributed by atoms with Crippen LogP contribution in [-0.2, 0) is 22.9 Å². The van der Waals surface area contributed by atoms with Crippen molar-refractivity contribution in [2.45, 2.75) is 70.2 Å². The van der Waals surface area contributed by atoms with Gasteiger partial charge in [-0.2, -0.15) is 0 Å². The first-order valence-corrected chi connectivity index (χ1v) is 12.3. The Morgan fingerprint density at radius 3 is 2.13 bits per heavy atom. The molecule has 2 aromatic rings. The van der Waals surface area contributed by atoms with E-state index in [1.807, 2.05) is 24.3 Å². The Morgan fingerprint density at radius 2 is 1.57 bits per heavy atom. The smallest absolute Gasteiger partial charge is 0.261 e. The van der Waals surface area contributed by atoms with Crippen molar-refractivity contribution in [2.24, 2.45) is 0 Å². The van der Waals surface area contributed by atoms with Crippen molar-refractivity contribution in [1.29, 1.82) is 0 Å². The molecule has 6 heteroatoms. The minimum atomic E-state index is -3.58. The zero-order valence-corrected chi connectivity index (χ0v) is 20.2. The van der Waals surface area contributed by atoms with E-state index in [0.717, 1.165) is 44.3 Å². The Hall–Kier alpha value is -1.56. The van der Waals surface area contributed by atoms with Crippen molar-refractivity contribution < 1.29 is 8.42 Å². The van der Waals surface area contributed by atoms with Gasteiger partial charge >= 0.3 is 0 Å². The fraction of sp³-hybridized carbons (Fsp3) is 0.500. The van der Waals surface area contributed by atoms with Gasteiger partial charge in [-0.3, -0.25) is 9.62 Å². The van der Waals surface area contributed by atoms with Crippen molar-refractivity contribution in [2.75, 3.05) is 17.8 Å². The van der Waals surface area contributed by atoms with Gasteiger partial charge in [-0.1, -0.05) is 45.9 Å². The minimum Gasteiger partial charge on any atom is -0.300 e. The van der Waals surface area contributed by atoms with Gasteiger partial charge in [-0.05, 0) is 85.6 Å². The van der Waals surface area contributed by atoms with Gasteiger partial charge < -0.3 is 0 Å². The maximum atomic E-state index is 12.8. The zero-order chi connectivity index (χ0) is 21.0. The van der Waals surface area contributed by atoms with Crippen LogP contribution in [0.25, 0.3) is 0 Å². The first-order chi connectivity index (χ1) is 13.8. The first kappa shape index (κ1) is 24.7. The quantitative estimate of drug-likeness (QED) is 0.539. The van der Waals surface area contributed by atoms with Gasteiger partial charge in [0.25, 0.3) is 10.0 Å². The summed E-state index contributed by atoms with van der Waals surface area (Å²) in [5.74, 6) is 0.379. The Balaban J connectivity index is 0.00000320. The van der Waals surface area contributed by atoms with Crippen molar-refractivity contribution in [3.63, 3.8) is 0 Å². The summed E-state index contributed by atoms with van der Waals surface area (Å²) in [6.45, 7) is 10.9. The van der Waals surface area contributed by atoms with Crippen molar-refractivity contribution in [3.8, 4) is 0 Å². The van der Waals surface area contributed by atoms with Crippen LogP contribution in [0.1, 0.15) is 63.1 Å². The number of nitrogens with one attached hydrogen (secondary N) is 1. The van der Waals surface area contributed by atoms with Crippen molar-refractivity contribution in [1.82, 2.24) is 4.90 Å². The molecule has 30 heavy (non-hydrogen) atoms. The molecule has 0 bridgehead atoms. The van der Waals surface area contributed by atoms with E-state index in [1.165, 1.54) is 11.1 Å². The molecular formula is C24H35ClN2O2S. The average Bonchev–Trinajstić information content (AvgIpc) is 3.11. The van der Waals surface area contributed by atoms with Gasteiger partial charge in [0.1, 0.15) is 0 Å². The summed E-state index contributed by atoms with van der Waals surface area (Å²) in [7, 11) is -3.58. The number of hydrogen-bond acceptors (Lipinski definition) is 3. The molecule has 0 spiro atoms. The molecule has 0 heterocycles. The third-order valence-electron chi connectivity index (χ3n) is 5.76. The van der Waals surface area contributed by atoms with E-state index in [4.69, 9.17) is 0 Å². The molecule has 2 aromatic carbocycles. The summed E-state index contributed by atoms with van der Waals surface area (Å²) in [5, 5.41) is 0. The number of benzene rings is 2. The molecule has 166 valence electrons. The van der Waals surface area contributed by atoms with Crippen LogP contribution in [0.3, 0.4) is 0 Å². The lowest BCUT2D eigenvalue weighted by atomic mass is 10.0. The predicted molar refractivity (Wildman–Crippen MR) is 128 cm³/mol. The highest BCUT2D eigenvalue weighted by molar-refractivity contribution is 7.92. The van der Waals surface area contributed by atoms with Crippen LogP contribution < -0.4 is 4.72 Å². The fourth-order valence-corrected chi connectivity index (χ4v) is 5.26. The van der Waals surface area contributed by atoms with E-state index < -0.39 is 10.0 Å². The second-order valence-electron chi connectivity index (χ2n) is 8.41. The number of anilines is 1. The Labute approximate surface area is 188 Å². The van der Waals surface area contributed by atoms with Crippen molar-refractivity contribution >= 4 is 28.1 Å². The summed E-state index contributed by atoms with van der Waals surface area (Å²) < 4.78 is 28.4. The van der Waals surface area contributed by atoms with Gasteiger partial charge in [0, 0.05) is 11.7 Å². The second-order valence-corrected chi connectivity index (χ2v) is 10.1. The highest BCUT2D eigenvalue weighted by atomic mass is 35.5. The van der Waals surface area contributed by atoms with E-state index in [1.54, 1.807) is 12.1 Å². The molecule has 0 saturated carbocycles. The SMILES string of the molecule is CCCN(CCC)[C@@H]1Cc2ccc(NS(=O)(=O)c3ccc(C(C)C)cc3)cc2C1.Cl. The van der Waals surface area contributed by atoms with E-state index in [9.17, 15) is 8.42 Å². The summed E-state index contributed by atoms with van der Waals surface area (Å²) >= 11 is 0. The van der Waals surface area contributed by atoms with Crippen LogP contribution >= 0.6 is 12.4 Å². The molecule has 1 aliphatic rings. The first-order valence-electron chi connectivity index (χ1n) is 10.8. The van der Waals surface area contributed by atoms with E-state index in [2.05, 4.69) is 43.4 Å². The standard InChI is InChI=1S/C24H34N2O2S.ClH/c1-5-13-26(14-6-2)23-16-20-7-10-22(15-21(20)17-23)25-29(27,28)24-11-8-19(9-12-24)18(3)4;/h7-12,15,18,23,25H,5-6,13-14,16-17H2,1-4H3;1H/t23-;/m1./s1. The number of halogens is 1. The number of rotatable bonds is 9. The van der Waals surface area contributed by atoms with Crippen LogP contribution in [0.5, 0.6) is 0 Å². The highest BCUT2D eigenvalue weighted by Gasteiger charge is 2.26. The number of fused-ring (bicyclic) bond motifs is 1. The third-order valence-corrected chi connectivity index (χ3v) is 7.16. The molecule has 0 saturated heterocycles. The maximum Gasteiger partial charge on any atom is 0.261 e. The predicted octanol–water partition coefficient (Wildman–Crippen LogP) is 5.62. The molecule has 0 aliphatic heterocycles. The lowest BCUT2D eigenvalue weighted by molar-refractivity contribution is 0.202. The number of nitrogens with zero attached hydrogens (tertiary/aromatic N) is 1. The number of sulfonamides is 1. The molecule has 1 N–H and O–H groups in total. The molecule has 0 fully saturated rings. The highest BCUT2D eigenvalue weighted by Crippen LogP contribution is 2.29. The Bertz CT molecular complexity index is 921. The zero-order valence-electron chi connectivity index (χ0n) is 18.5. The maximum absolute atomic E-state index is 12.8. The summed E-state index contributed by atoms with van der Waals surface area (Å²) in [4.78, 5) is 2.89. The van der Waals surface area contributed by atoms with Gasteiger partial charge in [0.15, 0.2) is 0 Å². The fourth-order valence-electron chi connectivity index (χ4n) is 4.21. The van der Waals surface area contributed by atoms with Gasteiger partial charge in [-0.25, -0.2) is 8.42 Å². The average molecular weight is 451 g/mol. The lowest BCUT2D eigenvalue weighted by Gasteiger charge is -2.27. The number of hydrogen-bond donors (Lipinski definition) is 1. The Kier molecular flexibility index (Phi) is 8.77. The van der Waals surface area contributed by atoms with E-state index >= 15 is 0 Å². The summed E-state index contributed by atoms with van der Waals surface area (Å²) in [6, 6.07) is 13.7. The summed E-state index contributed by atoms with van der Waals surface area (Å²) in [5.41, 5.74) is 4.39. The van der Waals surface area contributed by atoms with Gasteiger partial charge in [0.05, 0.1) is 4.90 Å². The lowest BCUT2D eigenvalue weighted by Crippen LogP contribution is -2.37. The molecule has 1 aliphatic carbocycles. The van der Waals surface area contributed by atoms with Crippen LogP contribution in [0, 0.1) is 0 Å².